The molecular weight excluding hydrogens is 146 g/mol. The lowest BCUT2D eigenvalue weighted by atomic mass is 10.7. The number of aliphatic hydroxyl groups excluding tert-OH is 1. The van der Waals surface area contributed by atoms with Crippen LogP contribution in [0.1, 0.15) is 0 Å². The summed E-state index contributed by atoms with van der Waals surface area (Å²) in [6.45, 7) is 0.886. The van der Waals surface area contributed by atoms with Gasteiger partial charge in [-0.3, -0.25) is 0 Å². The number of aliphatic hydroxyl groups is 1. The Balaban J connectivity index is 2.34. The minimum atomic E-state index is 0.214. The fraction of sp³-hybridized carbons (Fsp3) is 1.00. The van der Waals surface area contributed by atoms with Gasteiger partial charge in [-0.2, -0.15) is 0 Å². The third-order valence-electron chi connectivity index (χ3n) is 0.383. The van der Waals surface area contributed by atoms with Crippen molar-refractivity contribution < 1.29 is 5.11 Å². The van der Waals surface area contributed by atoms with Gasteiger partial charge in [0.2, 0.25) is 0 Å². The van der Waals surface area contributed by atoms with Gasteiger partial charge in [0.05, 0.1) is 12.1 Å². The quantitative estimate of drug-likeness (QED) is 0.338. The van der Waals surface area contributed by atoms with Crippen molar-refractivity contribution in [2.45, 2.75) is 0 Å². The Morgan fingerprint density at radius 1 is 1.67 bits per heavy atom. The summed E-state index contributed by atoms with van der Waals surface area (Å²) in [7, 11) is 0. The smallest absolute Gasteiger partial charge is 0.0556 e. The van der Waals surface area contributed by atoms with Crippen LogP contribution in [0, 0.1) is 0 Å². The van der Waals surface area contributed by atoms with E-state index in [2.05, 4.69) is 21.2 Å². The molecule has 0 amide bonds. The highest BCUT2D eigenvalue weighted by Crippen LogP contribution is 1.67. The maximum atomic E-state index is 8.11. The largest absolute Gasteiger partial charge is 0.395 e. The van der Waals surface area contributed by atoms with Crippen molar-refractivity contribution in [3.63, 3.8) is 0 Å². The molecule has 0 aliphatic rings. The van der Waals surface area contributed by atoms with Gasteiger partial charge in [-0.05, 0) is 0 Å². The molecule has 0 bridgehead atoms. The summed E-state index contributed by atoms with van der Waals surface area (Å²) in [4.78, 5) is 0. The van der Waals surface area contributed by atoms with E-state index in [-0.39, 0.29) is 6.61 Å². The SMILES string of the molecule is OCCNCBr. The lowest BCUT2D eigenvalue weighted by Gasteiger charge is -1.90. The summed E-state index contributed by atoms with van der Waals surface area (Å²) in [5.74, 6) is 0. The molecule has 0 aromatic carbocycles. The lowest BCUT2D eigenvalue weighted by molar-refractivity contribution is 0.296. The van der Waals surface area contributed by atoms with E-state index >= 15 is 0 Å². The Bertz CT molecular complexity index is 22.8. The molecule has 0 spiro atoms. The van der Waals surface area contributed by atoms with E-state index in [0.717, 1.165) is 5.45 Å². The Labute approximate surface area is 45.7 Å². The molecule has 3 heteroatoms. The van der Waals surface area contributed by atoms with Crippen LogP contribution in [-0.2, 0) is 0 Å². The van der Waals surface area contributed by atoms with E-state index in [9.17, 15) is 0 Å². The molecule has 0 rings (SSSR count). The normalized spacial score (nSPS) is 9.00. The molecule has 6 heavy (non-hydrogen) atoms. The summed E-state index contributed by atoms with van der Waals surface area (Å²) >= 11 is 3.13. The third kappa shape index (κ3) is 4.40. The van der Waals surface area contributed by atoms with Gasteiger partial charge >= 0.3 is 0 Å². The molecular formula is C3H8BrNO. The van der Waals surface area contributed by atoms with Gasteiger partial charge in [-0.25, -0.2) is 0 Å². The highest BCUT2D eigenvalue weighted by Gasteiger charge is 1.73. The van der Waals surface area contributed by atoms with Gasteiger partial charge < -0.3 is 10.4 Å². The van der Waals surface area contributed by atoms with Gasteiger partial charge in [0.1, 0.15) is 0 Å². The number of halogens is 1. The number of alkyl halides is 1. The van der Waals surface area contributed by atoms with Gasteiger partial charge in [-0.1, -0.05) is 15.9 Å². The lowest BCUT2D eigenvalue weighted by Crippen LogP contribution is -2.14. The molecule has 0 saturated heterocycles. The molecule has 0 aliphatic carbocycles. The second kappa shape index (κ2) is 5.40. The van der Waals surface area contributed by atoms with Crippen molar-refractivity contribution in [2.24, 2.45) is 0 Å². The molecule has 0 aromatic heterocycles. The second-order valence-corrected chi connectivity index (χ2v) is 1.42. The molecule has 2 nitrogen and oxygen atoms in total. The topological polar surface area (TPSA) is 32.3 Å². The molecule has 0 saturated carbocycles. The number of rotatable bonds is 3. The Kier molecular flexibility index (Phi) is 5.76. The zero-order valence-corrected chi connectivity index (χ0v) is 5.03. The molecule has 0 aliphatic heterocycles. The highest BCUT2D eigenvalue weighted by atomic mass is 79.9. The van der Waals surface area contributed by atoms with Crippen molar-refractivity contribution >= 4 is 15.9 Å². The maximum Gasteiger partial charge on any atom is 0.0556 e. The molecule has 38 valence electrons. The van der Waals surface area contributed by atoms with Crippen LogP contribution in [0.4, 0.5) is 0 Å². The molecule has 0 fully saturated rings. The van der Waals surface area contributed by atoms with E-state index in [1.54, 1.807) is 0 Å². The highest BCUT2D eigenvalue weighted by molar-refractivity contribution is 9.09. The van der Waals surface area contributed by atoms with Crippen molar-refractivity contribution in [2.75, 3.05) is 18.6 Å². The van der Waals surface area contributed by atoms with Crippen LogP contribution in [0.3, 0.4) is 0 Å². The summed E-state index contributed by atoms with van der Waals surface area (Å²) in [6, 6.07) is 0. The Morgan fingerprint density at radius 2 is 2.33 bits per heavy atom. The standard InChI is InChI=1S/C3H8BrNO/c4-3-5-1-2-6/h5-6H,1-3H2. The molecule has 0 heterocycles. The van der Waals surface area contributed by atoms with Gasteiger partial charge in [0, 0.05) is 6.54 Å². The summed E-state index contributed by atoms with van der Waals surface area (Å²) in [5, 5.41) is 11.0. The van der Waals surface area contributed by atoms with Gasteiger partial charge in [0.15, 0.2) is 0 Å². The average molecular weight is 154 g/mol. The molecule has 0 unspecified atom stereocenters. The van der Waals surface area contributed by atoms with Crippen LogP contribution in [0.15, 0.2) is 0 Å². The van der Waals surface area contributed by atoms with Crippen molar-refractivity contribution in [3.05, 3.63) is 0 Å². The fourth-order valence-corrected chi connectivity index (χ4v) is 0.426. The second-order valence-electron chi connectivity index (χ2n) is 0.857. The fourth-order valence-electron chi connectivity index (χ4n) is 0.146. The predicted octanol–water partition coefficient (Wildman–Crippen LogP) is -0.0793. The zero-order chi connectivity index (χ0) is 4.83. The third-order valence-corrected chi connectivity index (χ3v) is 0.780. The first kappa shape index (κ1) is 6.40. The van der Waals surface area contributed by atoms with Crippen molar-refractivity contribution in [1.29, 1.82) is 0 Å². The van der Waals surface area contributed by atoms with E-state index in [1.807, 2.05) is 0 Å². The number of nitrogens with one attached hydrogen (secondary N) is 1. The predicted molar refractivity (Wildman–Crippen MR) is 28.9 cm³/mol. The van der Waals surface area contributed by atoms with Crippen LogP contribution >= 0.6 is 15.9 Å². The van der Waals surface area contributed by atoms with Crippen LogP contribution in [0.25, 0.3) is 0 Å². The van der Waals surface area contributed by atoms with Gasteiger partial charge in [0.25, 0.3) is 0 Å². The maximum absolute atomic E-state index is 8.11. The van der Waals surface area contributed by atoms with E-state index in [0.29, 0.717) is 6.54 Å². The first-order chi connectivity index (χ1) is 2.91. The number of hydrogen-bond donors (Lipinski definition) is 2. The van der Waals surface area contributed by atoms with E-state index in [1.165, 1.54) is 0 Å². The van der Waals surface area contributed by atoms with Crippen LogP contribution in [0.5, 0.6) is 0 Å². The van der Waals surface area contributed by atoms with Crippen molar-refractivity contribution in [3.8, 4) is 0 Å². The van der Waals surface area contributed by atoms with Gasteiger partial charge in [-0.15, -0.1) is 0 Å². The summed E-state index contributed by atoms with van der Waals surface area (Å²) in [5.41, 5.74) is 0.758. The monoisotopic (exact) mass is 153 g/mol. The molecule has 2 N–H and O–H groups in total. The molecule has 0 atom stereocenters. The Hall–Kier alpha value is 0.400. The van der Waals surface area contributed by atoms with Crippen LogP contribution in [-0.4, -0.2) is 23.7 Å². The first-order valence-electron chi connectivity index (χ1n) is 1.79. The molecule has 0 radical (unpaired) electrons. The van der Waals surface area contributed by atoms with Crippen LogP contribution in [0.2, 0.25) is 0 Å². The average Bonchev–Trinajstić information content (AvgIpc) is 1.61. The summed E-state index contributed by atoms with van der Waals surface area (Å²) < 4.78 is 0. The van der Waals surface area contributed by atoms with E-state index < -0.39 is 0 Å². The van der Waals surface area contributed by atoms with Crippen LogP contribution < -0.4 is 5.32 Å². The number of hydrogen-bond acceptors (Lipinski definition) is 2. The zero-order valence-electron chi connectivity index (χ0n) is 3.45. The first-order valence-corrected chi connectivity index (χ1v) is 2.91. The summed E-state index contributed by atoms with van der Waals surface area (Å²) in [6.07, 6.45) is 0. The minimum absolute atomic E-state index is 0.214. The van der Waals surface area contributed by atoms with Crippen molar-refractivity contribution in [1.82, 2.24) is 5.32 Å². The minimum Gasteiger partial charge on any atom is -0.395 e. The Morgan fingerprint density at radius 3 is 2.50 bits per heavy atom. The van der Waals surface area contributed by atoms with E-state index in [4.69, 9.17) is 5.11 Å². The molecule has 0 aromatic rings.